The maximum Gasteiger partial charge on any atom is 0.142 e. The van der Waals surface area contributed by atoms with Gasteiger partial charge >= 0.3 is 0 Å². The van der Waals surface area contributed by atoms with Crippen molar-refractivity contribution in [2.45, 2.75) is 18.3 Å². The molecule has 3 aromatic rings. The third kappa shape index (κ3) is 1.86. The van der Waals surface area contributed by atoms with Crippen LogP contribution in [0.1, 0.15) is 34.9 Å². The van der Waals surface area contributed by atoms with Gasteiger partial charge in [-0.1, -0.05) is 36.4 Å². The van der Waals surface area contributed by atoms with Gasteiger partial charge in [0.15, 0.2) is 0 Å². The smallest absolute Gasteiger partial charge is 0.142 e. The second-order valence-corrected chi connectivity index (χ2v) is 5.98. The van der Waals surface area contributed by atoms with E-state index < -0.39 is 0 Å². The molecule has 1 aliphatic carbocycles. The van der Waals surface area contributed by atoms with Gasteiger partial charge in [-0.3, -0.25) is 0 Å². The van der Waals surface area contributed by atoms with Gasteiger partial charge in [-0.25, -0.2) is 0 Å². The molecule has 0 bridgehead atoms. The van der Waals surface area contributed by atoms with Gasteiger partial charge in [-0.05, 0) is 41.6 Å². The van der Waals surface area contributed by atoms with E-state index in [0.29, 0.717) is 18.4 Å². The van der Waals surface area contributed by atoms with Gasteiger partial charge in [0, 0.05) is 17.5 Å². The normalized spacial score (nSPS) is 20.3. The fourth-order valence-corrected chi connectivity index (χ4v) is 3.86. The lowest BCUT2D eigenvalue weighted by molar-refractivity contribution is 0.419. The predicted octanol–water partition coefficient (Wildman–Crippen LogP) is 3.75. The number of nitrogens with two attached hydrogens (primary N) is 1. The second-order valence-electron chi connectivity index (χ2n) is 5.98. The van der Waals surface area contributed by atoms with Crippen molar-refractivity contribution in [3.63, 3.8) is 0 Å². The first kappa shape index (κ1) is 13.4. The van der Waals surface area contributed by atoms with E-state index in [1.807, 2.05) is 6.07 Å². The summed E-state index contributed by atoms with van der Waals surface area (Å²) in [5.74, 6) is 1.76. The van der Waals surface area contributed by atoms with Gasteiger partial charge in [0.05, 0.1) is 12.6 Å². The molecule has 3 nitrogen and oxygen atoms in total. The third-order valence-electron chi connectivity index (χ3n) is 4.92. The van der Waals surface area contributed by atoms with Crippen molar-refractivity contribution in [2.75, 3.05) is 13.7 Å². The fraction of sp³-hybridized carbons (Fsp3) is 0.263. The molecule has 3 heteroatoms. The van der Waals surface area contributed by atoms with E-state index in [1.54, 1.807) is 7.11 Å². The Balaban J connectivity index is 1.87. The van der Waals surface area contributed by atoms with E-state index in [4.69, 9.17) is 10.5 Å². The van der Waals surface area contributed by atoms with Gasteiger partial charge in [-0.15, -0.1) is 0 Å². The zero-order valence-electron chi connectivity index (χ0n) is 12.7. The summed E-state index contributed by atoms with van der Waals surface area (Å²) in [6.07, 6.45) is 3.22. The van der Waals surface area contributed by atoms with Gasteiger partial charge in [0.25, 0.3) is 0 Å². The van der Waals surface area contributed by atoms with Crippen LogP contribution in [-0.2, 0) is 0 Å². The van der Waals surface area contributed by atoms with Crippen LogP contribution in [0.25, 0.3) is 10.9 Å². The molecule has 0 spiro atoms. The number of para-hydroxylation sites is 1. The molecule has 0 saturated heterocycles. The number of hydrogen-bond donors (Lipinski definition) is 2. The number of benzene rings is 2. The summed E-state index contributed by atoms with van der Waals surface area (Å²) in [6.45, 7) is 0.708. The second kappa shape index (κ2) is 5.18. The Bertz CT molecular complexity index is 821. The number of ether oxygens (including phenoxy) is 1. The fourth-order valence-electron chi connectivity index (χ4n) is 3.86. The number of aromatic amines is 1. The standard InChI is InChI=1S/C19H20N2O/c1-22-18-8-4-7-15-17(11-21-19(15)18)16-9-12(10-20)13-5-2-3-6-14(13)16/h2-8,11-12,16,21H,9-10,20H2,1H3/t12-,16-/m1/s1. The first-order valence-corrected chi connectivity index (χ1v) is 7.76. The van der Waals surface area contributed by atoms with Crippen molar-refractivity contribution < 1.29 is 4.74 Å². The minimum Gasteiger partial charge on any atom is -0.495 e. The van der Waals surface area contributed by atoms with E-state index in [1.165, 1.54) is 22.1 Å². The highest BCUT2D eigenvalue weighted by Gasteiger charge is 2.32. The number of H-pyrrole nitrogens is 1. The number of fused-ring (bicyclic) bond motifs is 2. The molecule has 0 fully saturated rings. The maximum absolute atomic E-state index is 5.99. The highest BCUT2D eigenvalue weighted by atomic mass is 16.5. The SMILES string of the molecule is COc1cccc2c([C@@H]3C[C@H](CN)c4ccccc43)c[nH]c12. The predicted molar refractivity (Wildman–Crippen MR) is 89.5 cm³/mol. The number of rotatable bonds is 3. The van der Waals surface area contributed by atoms with Crippen LogP contribution in [0.4, 0.5) is 0 Å². The van der Waals surface area contributed by atoms with E-state index in [2.05, 4.69) is 47.6 Å². The number of hydrogen-bond acceptors (Lipinski definition) is 2. The van der Waals surface area contributed by atoms with Crippen LogP contribution in [0, 0.1) is 0 Å². The maximum atomic E-state index is 5.99. The molecule has 1 aromatic heterocycles. The molecule has 0 radical (unpaired) electrons. The van der Waals surface area contributed by atoms with E-state index in [0.717, 1.165) is 17.7 Å². The Labute approximate surface area is 130 Å². The van der Waals surface area contributed by atoms with Crippen molar-refractivity contribution >= 4 is 10.9 Å². The minimum absolute atomic E-state index is 0.408. The van der Waals surface area contributed by atoms with E-state index in [-0.39, 0.29) is 0 Å². The van der Waals surface area contributed by atoms with Crippen LogP contribution in [0.3, 0.4) is 0 Å². The molecule has 3 N–H and O–H groups in total. The van der Waals surface area contributed by atoms with Crippen LogP contribution >= 0.6 is 0 Å². The summed E-state index contributed by atoms with van der Waals surface area (Å²) in [5, 5.41) is 1.25. The van der Waals surface area contributed by atoms with Crippen molar-refractivity contribution in [1.29, 1.82) is 0 Å². The van der Waals surface area contributed by atoms with Crippen LogP contribution in [0.2, 0.25) is 0 Å². The van der Waals surface area contributed by atoms with Crippen molar-refractivity contribution in [3.8, 4) is 5.75 Å². The molecule has 112 valence electrons. The van der Waals surface area contributed by atoms with Crippen LogP contribution < -0.4 is 10.5 Å². The lowest BCUT2D eigenvalue weighted by Gasteiger charge is -2.11. The molecule has 0 amide bonds. The number of methoxy groups -OCH3 is 1. The molecule has 22 heavy (non-hydrogen) atoms. The highest BCUT2D eigenvalue weighted by Crippen LogP contribution is 2.46. The Hall–Kier alpha value is -2.26. The average molecular weight is 292 g/mol. The summed E-state index contributed by atoms with van der Waals surface area (Å²) < 4.78 is 5.46. The highest BCUT2D eigenvalue weighted by molar-refractivity contribution is 5.89. The van der Waals surface area contributed by atoms with E-state index in [9.17, 15) is 0 Å². The largest absolute Gasteiger partial charge is 0.495 e. The zero-order valence-corrected chi connectivity index (χ0v) is 12.7. The Morgan fingerprint density at radius 1 is 1.09 bits per heavy atom. The number of aromatic nitrogens is 1. The molecule has 2 aromatic carbocycles. The summed E-state index contributed by atoms with van der Waals surface area (Å²) in [5.41, 5.74) is 11.2. The minimum atomic E-state index is 0.408. The molecule has 1 aliphatic rings. The summed E-state index contributed by atoms with van der Waals surface area (Å²) in [6, 6.07) is 14.9. The molecule has 4 rings (SSSR count). The molecule has 0 saturated carbocycles. The molecule has 0 unspecified atom stereocenters. The molecule has 2 atom stereocenters. The quantitative estimate of drug-likeness (QED) is 0.772. The topological polar surface area (TPSA) is 51.0 Å². The first-order valence-electron chi connectivity index (χ1n) is 7.76. The summed E-state index contributed by atoms with van der Waals surface area (Å²) >= 11 is 0. The van der Waals surface area contributed by atoms with Crippen LogP contribution in [0.15, 0.2) is 48.7 Å². The Kier molecular flexibility index (Phi) is 3.16. The van der Waals surface area contributed by atoms with Crippen molar-refractivity contribution in [1.82, 2.24) is 4.98 Å². The average Bonchev–Trinajstić information content (AvgIpc) is 3.15. The molecule has 1 heterocycles. The van der Waals surface area contributed by atoms with Crippen molar-refractivity contribution in [3.05, 3.63) is 65.4 Å². The van der Waals surface area contributed by atoms with Crippen molar-refractivity contribution in [2.24, 2.45) is 5.73 Å². The van der Waals surface area contributed by atoms with Gasteiger partial charge in [0.1, 0.15) is 5.75 Å². The summed E-state index contributed by atoms with van der Waals surface area (Å²) in [7, 11) is 1.71. The molecule has 0 aliphatic heterocycles. The summed E-state index contributed by atoms with van der Waals surface area (Å²) in [4.78, 5) is 3.39. The van der Waals surface area contributed by atoms with Gasteiger partial charge < -0.3 is 15.5 Å². The van der Waals surface area contributed by atoms with Crippen LogP contribution in [0.5, 0.6) is 5.75 Å². The monoisotopic (exact) mass is 292 g/mol. The first-order chi connectivity index (χ1) is 10.8. The van der Waals surface area contributed by atoms with Crippen LogP contribution in [-0.4, -0.2) is 18.6 Å². The molecular weight excluding hydrogens is 272 g/mol. The number of nitrogens with one attached hydrogen (secondary N) is 1. The lowest BCUT2D eigenvalue weighted by atomic mass is 9.92. The lowest BCUT2D eigenvalue weighted by Crippen LogP contribution is -2.09. The third-order valence-corrected chi connectivity index (χ3v) is 4.92. The molecular formula is C19H20N2O. The van der Waals surface area contributed by atoms with Gasteiger partial charge in [-0.2, -0.15) is 0 Å². The van der Waals surface area contributed by atoms with E-state index >= 15 is 0 Å². The zero-order chi connectivity index (χ0) is 15.1. The Morgan fingerprint density at radius 2 is 1.91 bits per heavy atom. The van der Waals surface area contributed by atoms with Gasteiger partial charge in [0.2, 0.25) is 0 Å². The Morgan fingerprint density at radius 3 is 2.68 bits per heavy atom.